The first-order valence-corrected chi connectivity index (χ1v) is 5.83. The van der Waals surface area contributed by atoms with Gasteiger partial charge in [-0.25, -0.2) is 0 Å². The van der Waals surface area contributed by atoms with Gasteiger partial charge in [-0.2, -0.15) is 0 Å². The van der Waals surface area contributed by atoms with Crippen LogP contribution in [-0.4, -0.2) is 37.1 Å². The van der Waals surface area contributed by atoms with Gasteiger partial charge in [-0.05, 0) is 37.1 Å². The fraction of sp³-hybridized carbons (Fsp3) is 0.462. The Bertz CT molecular complexity index is 414. The molecule has 4 nitrogen and oxygen atoms in total. The summed E-state index contributed by atoms with van der Waals surface area (Å²) < 4.78 is 5.24. The summed E-state index contributed by atoms with van der Waals surface area (Å²) in [7, 11) is 0. The molecule has 1 aromatic rings. The maximum atomic E-state index is 12.2. The minimum absolute atomic E-state index is 0.0690. The summed E-state index contributed by atoms with van der Waals surface area (Å²) in [5.74, 6) is 0.0690. The van der Waals surface area contributed by atoms with Gasteiger partial charge in [0.2, 0.25) is 0 Å². The molecule has 0 saturated carbocycles. The molecule has 0 radical (unpaired) electrons. The van der Waals surface area contributed by atoms with Crippen LogP contribution < -0.4 is 5.73 Å². The molecule has 4 heteroatoms. The molecule has 1 aromatic carbocycles. The fourth-order valence-corrected chi connectivity index (χ4v) is 2.05. The Labute approximate surface area is 101 Å². The van der Waals surface area contributed by atoms with Crippen LogP contribution in [0.3, 0.4) is 0 Å². The molecule has 0 spiro atoms. The van der Waals surface area contributed by atoms with Crippen molar-refractivity contribution >= 4 is 11.6 Å². The summed E-state index contributed by atoms with van der Waals surface area (Å²) in [4.78, 5) is 14.1. The molecule has 17 heavy (non-hydrogen) atoms. The molecule has 0 aromatic heterocycles. The molecule has 0 aliphatic carbocycles. The lowest BCUT2D eigenvalue weighted by molar-refractivity contribution is 0.0303. The number of morpholine rings is 1. The van der Waals surface area contributed by atoms with Crippen molar-refractivity contribution in [2.45, 2.75) is 13.8 Å². The summed E-state index contributed by atoms with van der Waals surface area (Å²) in [5.41, 5.74) is 9.29. The molecular weight excluding hydrogens is 216 g/mol. The van der Waals surface area contributed by atoms with Crippen molar-refractivity contribution in [3.05, 3.63) is 28.8 Å². The second kappa shape index (κ2) is 4.75. The molecule has 2 rings (SSSR count). The average Bonchev–Trinajstić information content (AvgIpc) is 2.35. The van der Waals surface area contributed by atoms with Gasteiger partial charge in [0.05, 0.1) is 13.2 Å². The summed E-state index contributed by atoms with van der Waals surface area (Å²) >= 11 is 0. The van der Waals surface area contributed by atoms with Crippen LogP contribution in [0.25, 0.3) is 0 Å². The van der Waals surface area contributed by atoms with E-state index in [-0.39, 0.29) is 5.91 Å². The highest BCUT2D eigenvalue weighted by Gasteiger charge is 2.19. The lowest BCUT2D eigenvalue weighted by Crippen LogP contribution is -2.40. The van der Waals surface area contributed by atoms with Crippen molar-refractivity contribution in [3.8, 4) is 0 Å². The second-order valence-corrected chi connectivity index (χ2v) is 4.43. The number of nitrogens with two attached hydrogens (primary N) is 1. The van der Waals surface area contributed by atoms with E-state index in [4.69, 9.17) is 10.5 Å². The Morgan fingerprint density at radius 2 is 1.76 bits per heavy atom. The van der Waals surface area contributed by atoms with Crippen molar-refractivity contribution in [3.63, 3.8) is 0 Å². The number of carbonyl (C=O) groups excluding carboxylic acids is 1. The van der Waals surface area contributed by atoms with Crippen molar-refractivity contribution in [1.29, 1.82) is 0 Å². The highest BCUT2D eigenvalue weighted by atomic mass is 16.5. The number of rotatable bonds is 1. The monoisotopic (exact) mass is 234 g/mol. The van der Waals surface area contributed by atoms with E-state index in [1.165, 1.54) is 0 Å². The molecule has 1 heterocycles. The van der Waals surface area contributed by atoms with Gasteiger partial charge in [0, 0.05) is 24.3 Å². The Hall–Kier alpha value is -1.55. The van der Waals surface area contributed by atoms with Crippen LogP contribution in [-0.2, 0) is 4.74 Å². The van der Waals surface area contributed by atoms with E-state index in [0.29, 0.717) is 26.3 Å². The Balaban J connectivity index is 2.24. The summed E-state index contributed by atoms with van der Waals surface area (Å²) in [6.45, 7) is 6.44. The van der Waals surface area contributed by atoms with E-state index in [2.05, 4.69) is 0 Å². The number of nitrogens with zero attached hydrogens (tertiary/aromatic N) is 1. The van der Waals surface area contributed by atoms with Gasteiger partial charge in [0.15, 0.2) is 0 Å². The molecule has 1 fully saturated rings. The van der Waals surface area contributed by atoms with E-state index >= 15 is 0 Å². The van der Waals surface area contributed by atoms with Gasteiger partial charge in [-0.1, -0.05) is 0 Å². The minimum atomic E-state index is 0.0690. The molecule has 1 aliphatic rings. The first kappa shape index (κ1) is 11.9. The predicted octanol–water partition coefficient (Wildman–Crippen LogP) is 1.36. The molecule has 2 N–H and O–H groups in total. The number of nitrogen functional groups attached to an aromatic ring is 1. The van der Waals surface area contributed by atoms with Gasteiger partial charge in [0.1, 0.15) is 0 Å². The zero-order valence-electron chi connectivity index (χ0n) is 10.3. The predicted molar refractivity (Wildman–Crippen MR) is 67.1 cm³/mol. The number of amides is 1. The lowest BCUT2D eigenvalue weighted by Gasteiger charge is -2.27. The average molecular weight is 234 g/mol. The smallest absolute Gasteiger partial charge is 0.254 e. The van der Waals surface area contributed by atoms with Crippen LogP contribution in [0.1, 0.15) is 21.5 Å². The molecule has 0 atom stereocenters. The van der Waals surface area contributed by atoms with Crippen LogP contribution in [0.5, 0.6) is 0 Å². The standard InChI is InChI=1S/C13H18N2O2/c1-9-7-11(8-10(2)12(9)14)13(16)15-3-5-17-6-4-15/h7-8H,3-6,14H2,1-2H3. The number of carbonyl (C=O) groups is 1. The highest BCUT2D eigenvalue weighted by molar-refractivity contribution is 5.95. The highest BCUT2D eigenvalue weighted by Crippen LogP contribution is 2.20. The lowest BCUT2D eigenvalue weighted by atomic mass is 10.0. The van der Waals surface area contributed by atoms with Gasteiger partial charge >= 0.3 is 0 Å². The summed E-state index contributed by atoms with van der Waals surface area (Å²) in [5, 5.41) is 0. The number of hydrogen-bond donors (Lipinski definition) is 1. The number of anilines is 1. The Kier molecular flexibility index (Phi) is 3.33. The number of benzene rings is 1. The van der Waals surface area contributed by atoms with E-state index in [9.17, 15) is 4.79 Å². The largest absolute Gasteiger partial charge is 0.398 e. The maximum absolute atomic E-state index is 12.2. The van der Waals surface area contributed by atoms with Crippen LogP contribution in [0.2, 0.25) is 0 Å². The van der Waals surface area contributed by atoms with Gasteiger partial charge in [-0.15, -0.1) is 0 Å². The quantitative estimate of drug-likeness (QED) is 0.746. The zero-order valence-corrected chi connectivity index (χ0v) is 10.3. The van der Waals surface area contributed by atoms with Crippen LogP contribution in [0.15, 0.2) is 12.1 Å². The van der Waals surface area contributed by atoms with Crippen molar-refractivity contribution < 1.29 is 9.53 Å². The van der Waals surface area contributed by atoms with Crippen molar-refractivity contribution in [2.24, 2.45) is 0 Å². The Morgan fingerprint density at radius 1 is 1.24 bits per heavy atom. The van der Waals surface area contributed by atoms with Crippen molar-refractivity contribution in [1.82, 2.24) is 4.90 Å². The third-order valence-electron chi connectivity index (χ3n) is 3.14. The first-order valence-electron chi connectivity index (χ1n) is 5.83. The first-order chi connectivity index (χ1) is 8.09. The Morgan fingerprint density at radius 3 is 2.29 bits per heavy atom. The third kappa shape index (κ3) is 2.42. The third-order valence-corrected chi connectivity index (χ3v) is 3.14. The molecule has 1 amide bonds. The maximum Gasteiger partial charge on any atom is 0.254 e. The van der Waals surface area contributed by atoms with Crippen molar-refractivity contribution in [2.75, 3.05) is 32.0 Å². The van der Waals surface area contributed by atoms with Gasteiger partial charge in [-0.3, -0.25) is 4.79 Å². The minimum Gasteiger partial charge on any atom is -0.398 e. The SMILES string of the molecule is Cc1cc(C(=O)N2CCOCC2)cc(C)c1N. The number of hydrogen-bond acceptors (Lipinski definition) is 3. The van der Waals surface area contributed by atoms with Gasteiger partial charge in [0.25, 0.3) is 5.91 Å². The topological polar surface area (TPSA) is 55.6 Å². The number of aryl methyl sites for hydroxylation is 2. The van der Waals surface area contributed by atoms with E-state index in [0.717, 1.165) is 22.4 Å². The summed E-state index contributed by atoms with van der Waals surface area (Å²) in [6, 6.07) is 3.72. The van der Waals surface area contributed by atoms with Crippen LogP contribution in [0.4, 0.5) is 5.69 Å². The second-order valence-electron chi connectivity index (χ2n) is 4.43. The molecule has 1 aliphatic heterocycles. The van der Waals surface area contributed by atoms with Crippen LogP contribution >= 0.6 is 0 Å². The zero-order chi connectivity index (χ0) is 12.4. The molecule has 0 bridgehead atoms. The molecular formula is C13H18N2O2. The fourth-order valence-electron chi connectivity index (χ4n) is 2.05. The van der Waals surface area contributed by atoms with E-state index < -0.39 is 0 Å². The summed E-state index contributed by atoms with van der Waals surface area (Å²) in [6.07, 6.45) is 0. The van der Waals surface area contributed by atoms with Gasteiger partial charge < -0.3 is 15.4 Å². The van der Waals surface area contributed by atoms with E-state index in [1.807, 2.05) is 30.9 Å². The normalized spacial score (nSPS) is 16.0. The number of ether oxygens (including phenoxy) is 1. The van der Waals surface area contributed by atoms with Crippen LogP contribution in [0, 0.1) is 13.8 Å². The molecule has 0 unspecified atom stereocenters. The molecule has 92 valence electrons. The van der Waals surface area contributed by atoms with E-state index in [1.54, 1.807) is 0 Å². The molecule has 1 saturated heterocycles.